The minimum absolute atomic E-state index is 0.0809. The van der Waals surface area contributed by atoms with E-state index in [1.165, 1.54) is 11.1 Å². The van der Waals surface area contributed by atoms with Crippen LogP contribution in [-0.4, -0.2) is 51.8 Å². The highest BCUT2D eigenvalue weighted by Crippen LogP contribution is 2.37. The average molecular weight is 315 g/mol. The topological polar surface area (TPSA) is 83.7 Å². The van der Waals surface area contributed by atoms with Crippen LogP contribution in [0.25, 0.3) is 0 Å². The molecule has 1 aromatic heterocycles. The molecule has 3 aliphatic rings. The monoisotopic (exact) mass is 315 g/mol. The van der Waals surface area contributed by atoms with Crippen LogP contribution in [0.4, 0.5) is 0 Å². The number of aryl methyl sites for hydroxylation is 1. The number of likely N-dealkylation sites (tertiary alicyclic amines) is 2. The molecule has 3 heterocycles. The van der Waals surface area contributed by atoms with E-state index < -0.39 is 0 Å². The molecule has 0 bridgehead atoms. The number of carbonyl (C=O) groups is 3. The first-order valence-electron chi connectivity index (χ1n) is 7.80. The summed E-state index contributed by atoms with van der Waals surface area (Å²) in [4.78, 5) is 40.3. The molecule has 0 radical (unpaired) electrons. The fraction of sp³-hybridized carbons (Fsp3) is 0.500. The van der Waals surface area contributed by atoms with Gasteiger partial charge in [-0.3, -0.25) is 19.3 Å². The quantitative estimate of drug-likeness (QED) is 0.594. The number of imide groups is 1. The molecule has 0 N–H and O–H groups in total. The van der Waals surface area contributed by atoms with Crippen LogP contribution in [-0.2, 0) is 9.59 Å². The number of hydrogen-bond acceptors (Lipinski definition) is 5. The van der Waals surface area contributed by atoms with Gasteiger partial charge in [-0.25, -0.2) is 0 Å². The van der Waals surface area contributed by atoms with Gasteiger partial charge in [-0.1, -0.05) is 17.3 Å². The Hall–Kier alpha value is -2.44. The number of fused-ring (bicyclic) bond motifs is 1. The van der Waals surface area contributed by atoms with Crippen LogP contribution in [0.15, 0.2) is 22.9 Å². The first kappa shape index (κ1) is 14.2. The number of allylic oxidation sites excluding steroid dienone is 2. The molecular weight excluding hydrogens is 298 g/mol. The second kappa shape index (κ2) is 5.04. The van der Waals surface area contributed by atoms with E-state index >= 15 is 0 Å². The molecule has 23 heavy (non-hydrogen) atoms. The van der Waals surface area contributed by atoms with Crippen molar-refractivity contribution >= 4 is 17.7 Å². The fourth-order valence-electron chi connectivity index (χ4n) is 3.64. The zero-order chi connectivity index (χ0) is 16.1. The molecule has 7 nitrogen and oxygen atoms in total. The number of aromatic nitrogens is 1. The predicted octanol–water partition coefficient (Wildman–Crippen LogP) is 0.759. The summed E-state index contributed by atoms with van der Waals surface area (Å²) in [6, 6.07) is -0.204. The highest BCUT2D eigenvalue weighted by Gasteiger charge is 2.52. The van der Waals surface area contributed by atoms with Crippen molar-refractivity contribution in [1.82, 2.24) is 15.0 Å². The van der Waals surface area contributed by atoms with Crippen molar-refractivity contribution in [1.29, 1.82) is 0 Å². The van der Waals surface area contributed by atoms with Crippen molar-refractivity contribution in [2.24, 2.45) is 11.8 Å². The third-order valence-corrected chi connectivity index (χ3v) is 5.04. The highest BCUT2D eigenvalue weighted by molar-refractivity contribution is 6.06. The lowest BCUT2D eigenvalue weighted by Crippen LogP contribution is -2.62. The Kier molecular flexibility index (Phi) is 3.11. The number of carbonyl (C=O) groups excluding carboxylic acids is 3. The molecule has 0 spiro atoms. The lowest BCUT2D eigenvalue weighted by molar-refractivity contribution is -0.145. The van der Waals surface area contributed by atoms with Crippen molar-refractivity contribution in [3.63, 3.8) is 0 Å². The highest BCUT2D eigenvalue weighted by atomic mass is 16.5. The maximum absolute atomic E-state index is 12.5. The van der Waals surface area contributed by atoms with Gasteiger partial charge in [0.05, 0.1) is 24.1 Å². The van der Waals surface area contributed by atoms with Gasteiger partial charge in [-0.05, 0) is 19.8 Å². The van der Waals surface area contributed by atoms with Crippen LogP contribution in [0, 0.1) is 18.8 Å². The van der Waals surface area contributed by atoms with Gasteiger partial charge in [0, 0.05) is 13.1 Å². The summed E-state index contributed by atoms with van der Waals surface area (Å²) in [6.07, 6.45) is 6.63. The second-order valence-corrected chi connectivity index (χ2v) is 6.36. The van der Waals surface area contributed by atoms with Crippen molar-refractivity contribution in [3.05, 3.63) is 29.7 Å². The molecule has 1 aliphatic carbocycles. The van der Waals surface area contributed by atoms with Crippen LogP contribution in [0.5, 0.6) is 0 Å². The summed E-state index contributed by atoms with van der Waals surface area (Å²) in [5.41, 5.74) is 0.431. The van der Waals surface area contributed by atoms with E-state index in [1.807, 2.05) is 12.2 Å². The molecule has 2 atom stereocenters. The minimum Gasteiger partial charge on any atom is -0.361 e. The summed E-state index contributed by atoms with van der Waals surface area (Å²) in [6.45, 7) is 2.45. The van der Waals surface area contributed by atoms with E-state index in [0.29, 0.717) is 37.3 Å². The molecule has 7 heteroatoms. The van der Waals surface area contributed by atoms with Gasteiger partial charge >= 0.3 is 0 Å². The van der Waals surface area contributed by atoms with Crippen molar-refractivity contribution in [2.75, 3.05) is 13.1 Å². The molecule has 120 valence electrons. The van der Waals surface area contributed by atoms with Crippen LogP contribution in [0.2, 0.25) is 0 Å². The number of nitrogens with zero attached hydrogens (tertiary/aromatic N) is 3. The van der Waals surface area contributed by atoms with Crippen LogP contribution >= 0.6 is 0 Å². The Morgan fingerprint density at radius 3 is 2.30 bits per heavy atom. The van der Waals surface area contributed by atoms with Gasteiger partial charge in [0.2, 0.25) is 11.8 Å². The Balaban J connectivity index is 1.44. The number of hydrogen-bond donors (Lipinski definition) is 0. The van der Waals surface area contributed by atoms with Crippen molar-refractivity contribution < 1.29 is 18.9 Å². The van der Waals surface area contributed by atoms with Crippen LogP contribution in [0.1, 0.15) is 29.0 Å². The van der Waals surface area contributed by atoms with Crippen molar-refractivity contribution in [3.8, 4) is 0 Å². The van der Waals surface area contributed by atoms with Gasteiger partial charge in [0.15, 0.2) is 0 Å². The maximum Gasteiger partial charge on any atom is 0.259 e. The number of rotatable bonds is 2. The van der Waals surface area contributed by atoms with Crippen LogP contribution < -0.4 is 0 Å². The third kappa shape index (κ3) is 2.03. The van der Waals surface area contributed by atoms with E-state index in [2.05, 4.69) is 5.16 Å². The summed E-state index contributed by atoms with van der Waals surface area (Å²) >= 11 is 0. The van der Waals surface area contributed by atoms with Gasteiger partial charge in [0.25, 0.3) is 5.91 Å². The molecule has 2 fully saturated rings. The molecule has 4 rings (SSSR count). The lowest BCUT2D eigenvalue weighted by Gasteiger charge is -2.43. The van der Waals surface area contributed by atoms with Gasteiger partial charge < -0.3 is 9.42 Å². The largest absolute Gasteiger partial charge is 0.361 e. The van der Waals surface area contributed by atoms with Gasteiger partial charge in [-0.15, -0.1) is 0 Å². The smallest absolute Gasteiger partial charge is 0.259 e. The number of amides is 3. The van der Waals surface area contributed by atoms with Gasteiger partial charge in [-0.2, -0.15) is 0 Å². The van der Waals surface area contributed by atoms with Crippen molar-refractivity contribution in [2.45, 2.75) is 25.8 Å². The van der Waals surface area contributed by atoms with E-state index in [-0.39, 0.29) is 35.6 Å². The molecule has 0 saturated carbocycles. The Morgan fingerprint density at radius 1 is 1.17 bits per heavy atom. The minimum atomic E-state index is -0.211. The lowest BCUT2D eigenvalue weighted by atomic mass is 9.85. The zero-order valence-corrected chi connectivity index (χ0v) is 12.8. The molecule has 3 amide bonds. The average Bonchev–Trinajstić information content (AvgIpc) is 3.03. The second-order valence-electron chi connectivity index (χ2n) is 6.36. The zero-order valence-electron chi connectivity index (χ0n) is 12.8. The molecule has 2 aliphatic heterocycles. The summed E-state index contributed by atoms with van der Waals surface area (Å²) < 4.78 is 4.91. The summed E-state index contributed by atoms with van der Waals surface area (Å²) in [5, 5.41) is 3.61. The third-order valence-electron chi connectivity index (χ3n) is 5.04. The van der Waals surface area contributed by atoms with E-state index in [1.54, 1.807) is 11.8 Å². The Morgan fingerprint density at radius 2 is 1.78 bits per heavy atom. The molecular formula is C16H17N3O4. The normalized spacial score (nSPS) is 27.3. The van der Waals surface area contributed by atoms with E-state index in [4.69, 9.17) is 4.52 Å². The summed E-state index contributed by atoms with van der Waals surface area (Å²) in [5.74, 6) is -0.276. The molecule has 2 saturated heterocycles. The first-order chi connectivity index (χ1) is 11.1. The molecule has 0 unspecified atom stereocenters. The van der Waals surface area contributed by atoms with E-state index in [0.717, 1.165) is 0 Å². The molecule has 1 aromatic rings. The summed E-state index contributed by atoms with van der Waals surface area (Å²) in [7, 11) is 0. The van der Waals surface area contributed by atoms with Gasteiger partial charge in [0.1, 0.15) is 11.3 Å². The van der Waals surface area contributed by atoms with Crippen LogP contribution in [0.3, 0.4) is 0 Å². The standard InChI is InChI=1S/C16H17N3O4/c1-9-13(6-17-23-9)14(20)18-7-10(8-18)19-15(21)11-4-2-3-5-12(11)16(19)22/h2-3,6,10-12H,4-5,7-8H2,1H3/t11-,12-/m0/s1. The Bertz CT molecular complexity index is 691. The first-order valence-corrected chi connectivity index (χ1v) is 7.80. The fourth-order valence-corrected chi connectivity index (χ4v) is 3.64. The Labute approximate surface area is 132 Å². The predicted molar refractivity (Wildman–Crippen MR) is 78.1 cm³/mol. The maximum atomic E-state index is 12.5. The molecule has 0 aromatic carbocycles. The SMILES string of the molecule is Cc1oncc1C(=O)N1CC(N2C(=O)[C@H]3CC=CC[C@@H]3C2=O)C1. The van der Waals surface area contributed by atoms with E-state index in [9.17, 15) is 14.4 Å².